The monoisotopic (exact) mass is 402 g/mol. The van der Waals surface area contributed by atoms with Gasteiger partial charge in [-0.15, -0.1) is 0 Å². The number of anilines is 1. The smallest absolute Gasteiger partial charge is 0.239 e. The minimum absolute atomic E-state index is 0.210. The SMILES string of the molecule is CC(=O)c1cc(N[C@@H](C)C(N)=O)nc(-c2ccc(Oc3ccc(C#N)cn3)cc2)n1. The molecule has 1 atom stereocenters. The highest BCUT2D eigenvalue weighted by Gasteiger charge is 2.14. The molecule has 30 heavy (non-hydrogen) atoms. The number of primary amides is 1. The van der Waals surface area contributed by atoms with E-state index in [0.29, 0.717) is 34.4 Å². The van der Waals surface area contributed by atoms with Gasteiger partial charge in [0.25, 0.3) is 0 Å². The summed E-state index contributed by atoms with van der Waals surface area (Å²) in [6.07, 6.45) is 1.42. The molecule has 3 N–H and O–H groups in total. The Morgan fingerprint density at radius 2 is 1.90 bits per heavy atom. The Morgan fingerprint density at radius 1 is 1.17 bits per heavy atom. The summed E-state index contributed by atoms with van der Waals surface area (Å²) in [6.45, 7) is 3.00. The number of nitrogens with one attached hydrogen (secondary N) is 1. The van der Waals surface area contributed by atoms with Crippen LogP contribution in [-0.2, 0) is 4.79 Å². The number of carbonyl (C=O) groups excluding carboxylic acids is 2. The third kappa shape index (κ3) is 4.94. The van der Waals surface area contributed by atoms with Crippen molar-refractivity contribution in [1.82, 2.24) is 15.0 Å². The van der Waals surface area contributed by atoms with Gasteiger partial charge in [-0.25, -0.2) is 15.0 Å². The number of nitrogens with two attached hydrogens (primary N) is 1. The van der Waals surface area contributed by atoms with Crippen LogP contribution in [0.2, 0.25) is 0 Å². The van der Waals surface area contributed by atoms with Crippen LogP contribution in [0.15, 0.2) is 48.7 Å². The molecule has 0 aliphatic heterocycles. The first-order valence-electron chi connectivity index (χ1n) is 8.96. The lowest BCUT2D eigenvalue weighted by molar-refractivity contribution is -0.118. The zero-order chi connectivity index (χ0) is 21.7. The topological polar surface area (TPSA) is 144 Å². The molecule has 0 saturated heterocycles. The van der Waals surface area contributed by atoms with Crippen molar-refractivity contribution >= 4 is 17.5 Å². The molecule has 1 amide bonds. The van der Waals surface area contributed by atoms with Gasteiger partial charge in [0, 0.05) is 30.8 Å². The number of pyridine rings is 1. The van der Waals surface area contributed by atoms with Gasteiger partial charge in [-0.05, 0) is 37.3 Å². The van der Waals surface area contributed by atoms with Gasteiger partial charge in [0.2, 0.25) is 11.8 Å². The molecule has 0 saturated carbocycles. The highest BCUT2D eigenvalue weighted by atomic mass is 16.5. The fraction of sp³-hybridized carbons (Fsp3) is 0.143. The van der Waals surface area contributed by atoms with Crippen LogP contribution in [-0.4, -0.2) is 32.7 Å². The molecular weight excluding hydrogens is 384 g/mol. The van der Waals surface area contributed by atoms with Crippen molar-refractivity contribution in [2.24, 2.45) is 5.73 Å². The number of amides is 1. The van der Waals surface area contributed by atoms with Crippen molar-refractivity contribution in [1.29, 1.82) is 5.26 Å². The summed E-state index contributed by atoms with van der Waals surface area (Å²) in [5.74, 6) is 0.726. The molecule has 1 aromatic carbocycles. The van der Waals surface area contributed by atoms with E-state index in [1.165, 1.54) is 19.2 Å². The molecule has 0 spiro atoms. The lowest BCUT2D eigenvalue weighted by Crippen LogP contribution is -2.32. The third-order valence-electron chi connectivity index (χ3n) is 4.08. The number of nitrogens with zero attached hydrogens (tertiary/aromatic N) is 4. The van der Waals surface area contributed by atoms with Crippen LogP contribution in [0.4, 0.5) is 5.82 Å². The number of benzene rings is 1. The van der Waals surface area contributed by atoms with Crippen molar-refractivity contribution in [3.63, 3.8) is 0 Å². The maximum Gasteiger partial charge on any atom is 0.239 e. The Bertz CT molecular complexity index is 1120. The standard InChI is InChI=1S/C21H18N6O3/c1-12(20(23)29)25-18-9-17(13(2)28)26-21(27-18)15-4-6-16(7-5-15)30-19-8-3-14(10-22)11-24-19/h3-9,11-12H,1-2H3,(H2,23,29)(H,25,26,27)/t12-/m0/s1. The maximum absolute atomic E-state index is 11.8. The summed E-state index contributed by atoms with van der Waals surface area (Å²) in [6, 6.07) is 12.9. The molecule has 9 heteroatoms. The zero-order valence-corrected chi connectivity index (χ0v) is 16.3. The molecule has 0 unspecified atom stereocenters. The van der Waals surface area contributed by atoms with Gasteiger partial charge in [-0.3, -0.25) is 9.59 Å². The molecule has 0 fully saturated rings. The molecule has 3 aromatic rings. The third-order valence-corrected chi connectivity index (χ3v) is 4.08. The van der Waals surface area contributed by atoms with Crippen molar-refractivity contribution in [2.75, 3.05) is 5.32 Å². The highest BCUT2D eigenvalue weighted by Crippen LogP contribution is 2.24. The van der Waals surface area contributed by atoms with Crippen LogP contribution in [0.1, 0.15) is 29.9 Å². The van der Waals surface area contributed by atoms with E-state index >= 15 is 0 Å². The second-order valence-electron chi connectivity index (χ2n) is 6.41. The van der Waals surface area contributed by atoms with Crippen LogP contribution in [0, 0.1) is 11.3 Å². The summed E-state index contributed by atoms with van der Waals surface area (Å²) in [4.78, 5) is 35.9. The average molecular weight is 402 g/mol. The molecule has 9 nitrogen and oxygen atoms in total. The quantitative estimate of drug-likeness (QED) is 0.574. The second kappa shape index (κ2) is 8.79. The molecule has 2 heterocycles. The number of hydrogen-bond donors (Lipinski definition) is 2. The van der Waals surface area contributed by atoms with Crippen LogP contribution in [0.25, 0.3) is 11.4 Å². The Morgan fingerprint density at radius 3 is 2.47 bits per heavy atom. The molecule has 0 radical (unpaired) electrons. The fourth-order valence-corrected chi connectivity index (χ4v) is 2.42. The lowest BCUT2D eigenvalue weighted by atomic mass is 10.2. The van der Waals surface area contributed by atoms with E-state index < -0.39 is 11.9 Å². The van der Waals surface area contributed by atoms with E-state index in [0.717, 1.165) is 0 Å². The minimum atomic E-state index is -0.664. The normalized spacial score (nSPS) is 11.2. The summed E-state index contributed by atoms with van der Waals surface area (Å²) < 4.78 is 5.65. The number of hydrogen-bond acceptors (Lipinski definition) is 8. The van der Waals surface area contributed by atoms with Crippen LogP contribution >= 0.6 is 0 Å². The van der Waals surface area contributed by atoms with E-state index in [-0.39, 0.29) is 11.5 Å². The van der Waals surface area contributed by atoms with Gasteiger partial charge >= 0.3 is 0 Å². The number of nitriles is 1. The van der Waals surface area contributed by atoms with Gasteiger partial charge in [-0.1, -0.05) is 0 Å². The Kier molecular flexibility index (Phi) is 5.98. The van der Waals surface area contributed by atoms with Gasteiger partial charge in [0.1, 0.15) is 29.4 Å². The molecule has 0 aliphatic rings. The molecule has 0 bridgehead atoms. The summed E-state index contributed by atoms with van der Waals surface area (Å²) >= 11 is 0. The van der Waals surface area contributed by atoms with Crippen molar-refractivity contribution < 1.29 is 14.3 Å². The van der Waals surface area contributed by atoms with Crippen molar-refractivity contribution in [3.8, 4) is 29.1 Å². The number of carbonyl (C=O) groups is 2. The lowest BCUT2D eigenvalue weighted by Gasteiger charge is -2.13. The summed E-state index contributed by atoms with van der Waals surface area (Å²) in [5, 5.41) is 11.7. The molecular formula is C21H18N6O3. The van der Waals surface area contributed by atoms with Gasteiger partial charge in [0.15, 0.2) is 11.6 Å². The summed E-state index contributed by atoms with van der Waals surface area (Å²) in [7, 11) is 0. The first-order chi connectivity index (χ1) is 14.4. The van der Waals surface area contributed by atoms with Crippen LogP contribution < -0.4 is 15.8 Å². The van der Waals surface area contributed by atoms with Crippen molar-refractivity contribution in [2.45, 2.75) is 19.9 Å². The van der Waals surface area contributed by atoms with E-state index in [2.05, 4.69) is 20.3 Å². The fourth-order valence-electron chi connectivity index (χ4n) is 2.42. The molecule has 150 valence electrons. The Hall–Kier alpha value is -4.32. The molecule has 3 rings (SSSR count). The first kappa shape index (κ1) is 20.4. The van der Waals surface area contributed by atoms with Crippen LogP contribution in [0.5, 0.6) is 11.6 Å². The Balaban J connectivity index is 1.85. The molecule has 0 aliphatic carbocycles. The predicted molar refractivity (Wildman–Crippen MR) is 109 cm³/mol. The van der Waals surface area contributed by atoms with Crippen molar-refractivity contribution in [3.05, 3.63) is 59.9 Å². The largest absolute Gasteiger partial charge is 0.439 e. The number of rotatable bonds is 7. The van der Waals surface area contributed by atoms with Crippen LogP contribution in [0.3, 0.4) is 0 Å². The second-order valence-corrected chi connectivity index (χ2v) is 6.41. The predicted octanol–water partition coefficient (Wildman–Crippen LogP) is 2.69. The molecule has 2 aromatic heterocycles. The Labute approximate surface area is 172 Å². The van der Waals surface area contributed by atoms with Gasteiger partial charge in [0.05, 0.1) is 5.56 Å². The maximum atomic E-state index is 11.8. The minimum Gasteiger partial charge on any atom is -0.439 e. The number of aromatic nitrogens is 3. The van der Waals surface area contributed by atoms with E-state index in [4.69, 9.17) is 15.7 Å². The zero-order valence-electron chi connectivity index (χ0n) is 16.3. The van der Waals surface area contributed by atoms with E-state index in [1.54, 1.807) is 43.3 Å². The van der Waals surface area contributed by atoms with E-state index in [9.17, 15) is 9.59 Å². The van der Waals surface area contributed by atoms with Gasteiger partial charge < -0.3 is 15.8 Å². The summed E-state index contributed by atoms with van der Waals surface area (Å²) in [5.41, 5.74) is 6.58. The number of Topliss-reactive ketones (excluding diaryl/α,β-unsaturated/α-hetero) is 1. The highest BCUT2D eigenvalue weighted by molar-refractivity contribution is 5.93. The van der Waals surface area contributed by atoms with Gasteiger partial charge in [-0.2, -0.15) is 5.26 Å². The first-order valence-corrected chi connectivity index (χ1v) is 8.96. The van der Waals surface area contributed by atoms with E-state index in [1.807, 2.05) is 6.07 Å². The number of ether oxygens (including phenoxy) is 1. The number of ketones is 1. The average Bonchev–Trinajstić information content (AvgIpc) is 2.74.